The Labute approximate surface area is 189 Å². The second-order valence-corrected chi connectivity index (χ2v) is 9.36. The van der Waals surface area contributed by atoms with Crippen LogP contribution in [0, 0.1) is 0 Å². The molecule has 0 saturated carbocycles. The van der Waals surface area contributed by atoms with Crippen molar-refractivity contribution in [3.63, 3.8) is 0 Å². The molecule has 4 rings (SSSR count). The Morgan fingerprint density at radius 3 is 2.62 bits per heavy atom. The number of benzene rings is 1. The molecule has 1 N–H and O–H groups in total. The summed E-state index contributed by atoms with van der Waals surface area (Å²) < 4.78 is 5.01. The van der Waals surface area contributed by atoms with E-state index in [0.717, 1.165) is 61.7 Å². The summed E-state index contributed by atoms with van der Waals surface area (Å²) in [4.78, 5) is 18.0. The third-order valence-corrected chi connectivity index (χ3v) is 7.67. The SMILES string of the molecule is COC(=O)c1c(NC(=S)N2CCN(c3ccc(Cl)c(Cl)c3)CC2)sc2c1CCC2. The summed E-state index contributed by atoms with van der Waals surface area (Å²) in [5.41, 5.74) is 2.83. The third kappa shape index (κ3) is 4.19. The summed E-state index contributed by atoms with van der Waals surface area (Å²) in [6, 6.07) is 5.70. The lowest BCUT2D eigenvalue weighted by Gasteiger charge is -2.37. The van der Waals surface area contributed by atoms with E-state index in [1.54, 1.807) is 11.3 Å². The van der Waals surface area contributed by atoms with Gasteiger partial charge in [0.15, 0.2) is 5.11 Å². The van der Waals surface area contributed by atoms with Crippen LogP contribution in [0.4, 0.5) is 10.7 Å². The monoisotopic (exact) mass is 469 g/mol. The molecular weight excluding hydrogens is 449 g/mol. The van der Waals surface area contributed by atoms with Crippen molar-refractivity contribution in [1.29, 1.82) is 0 Å². The molecule has 1 aromatic carbocycles. The Bertz CT molecular complexity index is 955. The van der Waals surface area contributed by atoms with Gasteiger partial charge in [-0.05, 0) is 55.2 Å². The second-order valence-electron chi connectivity index (χ2n) is 7.06. The first-order valence-electron chi connectivity index (χ1n) is 9.46. The molecule has 2 aromatic rings. The highest BCUT2D eigenvalue weighted by Gasteiger charge is 2.28. The molecule has 0 spiro atoms. The average Bonchev–Trinajstić information content (AvgIpc) is 3.30. The number of aryl methyl sites for hydroxylation is 1. The van der Waals surface area contributed by atoms with Crippen LogP contribution >= 0.6 is 46.8 Å². The van der Waals surface area contributed by atoms with Crippen LogP contribution in [0.1, 0.15) is 27.2 Å². The van der Waals surface area contributed by atoms with Gasteiger partial charge in [-0.15, -0.1) is 11.3 Å². The zero-order valence-electron chi connectivity index (χ0n) is 16.0. The van der Waals surface area contributed by atoms with Gasteiger partial charge in [-0.25, -0.2) is 4.79 Å². The summed E-state index contributed by atoms with van der Waals surface area (Å²) in [5, 5.41) is 5.88. The molecule has 2 aliphatic rings. The normalized spacial score (nSPS) is 16.0. The molecule has 1 aliphatic heterocycles. The smallest absolute Gasteiger partial charge is 0.341 e. The number of methoxy groups -OCH3 is 1. The highest BCUT2D eigenvalue weighted by Crippen LogP contribution is 2.39. The Balaban J connectivity index is 1.42. The number of hydrogen-bond acceptors (Lipinski definition) is 5. The van der Waals surface area contributed by atoms with Crippen LogP contribution in [-0.2, 0) is 17.6 Å². The first-order chi connectivity index (χ1) is 14.0. The van der Waals surface area contributed by atoms with Crippen LogP contribution in [-0.4, -0.2) is 49.3 Å². The quantitative estimate of drug-likeness (QED) is 0.511. The minimum absolute atomic E-state index is 0.292. The number of thiocarbonyl (C=S) groups is 1. The van der Waals surface area contributed by atoms with Crippen LogP contribution in [0.3, 0.4) is 0 Å². The summed E-state index contributed by atoms with van der Waals surface area (Å²) in [6.45, 7) is 3.21. The fourth-order valence-corrected chi connectivity index (χ4v) is 5.75. The number of carbonyl (C=O) groups is 1. The van der Waals surface area contributed by atoms with E-state index in [2.05, 4.69) is 15.1 Å². The number of nitrogens with zero attached hydrogens (tertiary/aromatic N) is 2. The van der Waals surface area contributed by atoms with E-state index in [1.807, 2.05) is 18.2 Å². The van der Waals surface area contributed by atoms with E-state index in [4.69, 9.17) is 40.2 Å². The first-order valence-corrected chi connectivity index (χ1v) is 11.4. The van der Waals surface area contributed by atoms with E-state index in [-0.39, 0.29) is 5.97 Å². The predicted octanol–water partition coefficient (Wildman–Crippen LogP) is 4.85. The minimum atomic E-state index is -0.292. The molecule has 1 fully saturated rings. The molecule has 0 amide bonds. The van der Waals surface area contributed by atoms with Gasteiger partial charge in [-0.1, -0.05) is 23.2 Å². The van der Waals surface area contributed by atoms with E-state index in [9.17, 15) is 4.79 Å². The Morgan fingerprint density at radius 1 is 1.17 bits per heavy atom. The van der Waals surface area contributed by atoms with E-state index in [1.165, 1.54) is 12.0 Å². The van der Waals surface area contributed by atoms with Gasteiger partial charge in [0.05, 0.1) is 22.7 Å². The lowest BCUT2D eigenvalue weighted by Crippen LogP contribution is -2.50. The predicted molar refractivity (Wildman–Crippen MR) is 124 cm³/mol. The molecule has 2 heterocycles. The van der Waals surface area contributed by atoms with Crippen molar-refractivity contribution < 1.29 is 9.53 Å². The zero-order valence-corrected chi connectivity index (χ0v) is 19.1. The summed E-state index contributed by atoms with van der Waals surface area (Å²) >= 11 is 19.4. The summed E-state index contributed by atoms with van der Waals surface area (Å²) in [7, 11) is 1.42. The van der Waals surface area contributed by atoms with Crippen molar-refractivity contribution in [3.8, 4) is 0 Å². The number of hydrogen-bond donors (Lipinski definition) is 1. The van der Waals surface area contributed by atoms with Crippen molar-refractivity contribution >= 4 is 68.5 Å². The molecule has 5 nitrogen and oxygen atoms in total. The summed E-state index contributed by atoms with van der Waals surface area (Å²) in [6.07, 6.45) is 3.03. The Kier molecular flexibility index (Phi) is 6.20. The maximum absolute atomic E-state index is 12.3. The van der Waals surface area contributed by atoms with Gasteiger partial charge in [0, 0.05) is 36.7 Å². The van der Waals surface area contributed by atoms with E-state index >= 15 is 0 Å². The number of carbonyl (C=O) groups excluding carboxylic acids is 1. The highest BCUT2D eigenvalue weighted by molar-refractivity contribution is 7.80. The van der Waals surface area contributed by atoms with Crippen LogP contribution in [0.15, 0.2) is 18.2 Å². The maximum atomic E-state index is 12.3. The zero-order chi connectivity index (χ0) is 20.5. The van der Waals surface area contributed by atoms with Crippen LogP contribution in [0.2, 0.25) is 10.0 Å². The number of piperazine rings is 1. The fraction of sp³-hybridized carbons (Fsp3) is 0.400. The molecule has 9 heteroatoms. The molecule has 29 heavy (non-hydrogen) atoms. The van der Waals surface area contributed by atoms with Gasteiger partial charge >= 0.3 is 5.97 Å². The van der Waals surface area contributed by atoms with Gasteiger partial charge in [-0.2, -0.15) is 0 Å². The van der Waals surface area contributed by atoms with Crippen molar-refractivity contribution in [2.24, 2.45) is 0 Å². The van der Waals surface area contributed by atoms with Gasteiger partial charge < -0.3 is 19.9 Å². The van der Waals surface area contributed by atoms with Crippen molar-refractivity contribution in [2.45, 2.75) is 19.3 Å². The average molecular weight is 470 g/mol. The molecule has 0 bridgehead atoms. The first kappa shape index (κ1) is 20.7. The minimum Gasteiger partial charge on any atom is -0.465 e. The topological polar surface area (TPSA) is 44.8 Å². The van der Waals surface area contributed by atoms with E-state index < -0.39 is 0 Å². The van der Waals surface area contributed by atoms with E-state index in [0.29, 0.717) is 20.7 Å². The number of rotatable bonds is 3. The third-order valence-electron chi connectivity index (χ3n) is 5.37. The molecule has 0 atom stereocenters. The van der Waals surface area contributed by atoms with Crippen LogP contribution in [0.5, 0.6) is 0 Å². The number of anilines is 2. The van der Waals surface area contributed by atoms with Crippen molar-refractivity contribution in [3.05, 3.63) is 44.2 Å². The molecule has 154 valence electrons. The molecule has 0 unspecified atom stereocenters. The molecule has 1 aromatic heterocycles. The number of thiophene rings is 1. The van der Waals surface area contributed by atoms with Gasteiger partial charge in [0.2, 0.25) is 0 Å². The number of halogens is 2. The lowest BCUT2D eigenvalue weighted by molar-refractivity contribution is 0.0601. The van der Waals surface area contributed by atoms with Gasteiger partial charge in [0.25, 0.3) is 0 Å². The van der Waals surface area contributed by atoms with Gasteiger partial charge in [0.1, 0.15) is 5.00 Å². The van der Waals surface area contributed by atoms with Crippen molar-refractivity contribution in [1.82, 2.24) is 4.90 Å². The largest absolute Gasteiger partial charge is 0.465 e. The molecular formula is C20H21Cl2N3O2S2. The standard InChI is InChI=1S/C20H21Cl2N3O2S2/c1-27-19(26)17-13-3-2-4-16(13)29-18(17)23-20(28)25-9-7-24(8-10-25)12-5-6-14(21)15(22)11-12/h5-6,11H,2-4,7-10H2,1H3,(H,23,28). The second kappa shape index (κ2) is 8.68. The fourth-order valence-electron chi connectivity index (χ4n) is 3.84. The highest BCUT2D eigenvalue weighted by atomic mass is 35.5. The lowest BCUT2D eigenvalue weighted by atomic mass is 10.1. The Hall–Kier alpha value is -1.54. The van der Waals surface area contributed by atoms with Crippen LogP contribution in [0.25, 0.3) is 0 Å². The maximum Gasteiger partial charge on any atom is 0.341 e. The van der Waals surface area contributed by atoms with Crippen molar-refractivity contribution in [2.75, 3.05) is 43.5 Å². The Morgan fingerprint density at radius 2 is 1.93 bits per heavy atom. The van der Waals surface area contributed by atoms with Crippen LogP contribution < -0.4 is 10.2 Å². The molecule has 1 saturated heterocycles. The van der Waals surface area contributed by atoms with Gasteiger partial charge in [-0.3, -0.25) is 0 Å². The molecule has 1 aliphatic carbocycles. The molecule has 0 radical (unpaired) electrons. The number of esters is 1. The number of ether oxygens (including phenoxy) is 1. The number of nitrogens with one attached hydrogen (secondary N) is 1. The number of fused-ring (bicyclic) bond motifs is 1. The summed E-state index contributed by atoms with van der Waals surface area (Å²) in [5.74, 6) is -0.292.